The Bertz CT molecular complexity index is 751. The van der Waals surface area contributed by atoms with Crippen LogP contribution in [0.25, 0.3) is 0 Å². The highest BCUT2D eigenvalue weighted by Crippen LogP contribution is 2.34. The number of rotatable bonds is 7. The van der Waals surface area contributed by atoms with Crippen molar-refractivity contribution >= 4 is 29.3 Å². The van der Waals surface area contributed by atoms with Gasteiger partial charge in [0.1, 0.15) is 17.9 Å². The lowest BCUT2D eigenvalue weighted by Gasteiger charge is -2.31. The van der Waals surface area contributed by atoms with Crippen LogP contribution in [0.5, 0.6) is 5.75 Å². The summed E-state index contributed by atoms with van der Waals surface area (Å²) in [7, 11) is 0. The minimum Gasteiger partial charge on any atom is -0.482 e. The molecule has 8 heteroatoms. The van der Waals surface area contributed by atoms with Crippen molar-refractivity contribution in [3.05, 3.63) is 18.2 Å². The molecule has 0 saturated carbocycles. The summed E-state index contributed by atoms with van der Waals surface area (Å²) in [5.74, 6) is 0.0818. The number of ether oxygens (including phenoxy) is 2. The smallest absolute Gasteiger partial charge is 0.412 e. The number of hydrogen-bond acceptors (Lipinski definition) is 5. The summed E-state index contributed by atoms with van der Waals surface area (Å²) in [5, 5.41) is 2.65. The van der Waals surface area contributed by atoms with Crippen molar-refractivity contribution in [3.8, 4) is 5.75 Å². The number of carbonyl (C=O) groups excluding carboxylic acids is 3. The Balaban J connectivity index is 2.21. The molecule has 0 radical (unpaired) electrons. The van der Waals surface area contributed by atoms with E-state index < -0.39 is 11.7 Å². The molecule has 160 valence electrons. The second-order valence-corrected chi connectivity index (χ2v) is 7.96. The molecule has 29 heavy (non-hydrogen) atoms. The second kappa shape index (κ2) is 9.62. The zero-order chi connectivity index (χ0) is 21.6. The van der Waals surface area contributed by atoms with E-state index in [0.717, 1.165) is 12.8 Å². The molecule has 1 N–H and O–H groups in total. The average molecular weight is 405 g/mol. The second-order valence-electron chi connectivity index (χ2n) is 7.96. The molecule has 0 unspecified atom stereocenters. The van der Waals surface area contributed by atoms with Crippen LogP contribution in [-0.2, 0) is 14.3 Å². The number of nitrogens with zero attached hydrogens (tertiary/aromatic N) is 2. The maximum absolute atomic E-state index is 12.8. The van der Waals surface area contributed by atoms with E-state index in [-0.39, 0.29) is 25.0 Å². The van der Waals surface area contributed by atoms with Crippen LogP contribution in [0.3, 0.4) is 0 Å². The molecule has 1 aliphatic heterocycles. The summed E-state index contributed by atoms with van der Waals surface area (Å²) in [6.45, 7) is 10.5. The Kier molecular flexibility index (Phi) is 7.47. The SMILES string of the molecule is CCCN(CCC)C(=O)CN1C(=O)COc2ccc(NC(=O)OC(C)(C)C)cc21. The number of hydrogen-bond donors (Lipinski definition) is 1. The molecule has 1 heterocycles. The van der Waals surface area contributed by atoms with Gasteiger partial charge in [-0.15, -0.1) is 0 Å². The molecule has 0 fully saturated rings. The van der Waals surface area contributed by atoms with Crippen molar-refractivity contribution < 1.29 is 23.9 Å². The van der Waals surface area contributed by atoms with Crippen LogP contribution in [-0.4, -0.2) is 54.6 Å². The topological polar surface area (TPSA) is 88.2 Å². The summed E-state index contributed by atoms with van der Waals surface area (Å²) in [5.41, 5.74) is 0.279. The molecule has 1 aromatic rings. The number of anilines is 2. The van der Waals surface area contributed by atoms with Gasteiger partial charge in [-0.1, -0.05) is 13.8 Å². The first-order valence-electron chi connectivity index (χ1n) is 9.99. The lowest BCUT2D eigenvalue weighted by molar-refractivity contribution is -0.132. The first-order chi connectivity index (χ1) is 13.6. The Hall–Kier alpha value is -2.77. The van der Waals surface area contributed by atoms with Crippen LogP contribution in [0.2, 0.25) is 0 Å². The van der Waals surface area contributed by atoms with E-state index in [4.69, 9.17) is 9.47 Å². The highest BCUT2D eigenvalue weighted by molar-refractivity contribution is 6.03. The maximum Gasteiger partial charge on any atom is 0.412 e. The van der Waals surface area contributed by atoms with Crippen molar-refractivity contribution in [2.75, 3.05) is 36.5 Å². The van der Waals surface area contributed by atoms with E-state index in [1.54, 1.807) is 43.9 Å². The molecular formula is C21H31N3O5. The van der Waals surface area contributed by atoms with Crippen LogP contribution in [0, 0.1) is 0 Å². The zero-order valence-electron chi connectivity index (χ0n) is 17.9. The number of amides is 3. The van der Waals surface area contributed by atoms with Gasteiger partial charge in [0.05, 0.1) is 5.69 Å². The molecule has 1 aliphatic rings. The van der Waals surface area contributed by atoms with E-state index in [1.165, 1.54) is 4.90 Å². The lowest BCUT2D eigenvalue weighted by atomic mass is 10.2. The third-order valence-corrected chi connectivity index (χ3v) is 4.18. The zero-order valence-corrected chi connectivity index (χ0v) is 17.9. The van der Waals surface area contributed by atoms with Crippen molar-refractivity contribution in [1.29, 1.82) is 0 Å². The molecule has 1 aromatic carbocycles. The largest absolute Gasteiger partial charge is 0.482 e. The Labute approximate surface area is 172 Å². The Morgan fingerprint density at radius 3 is 2.45 bits per heavy atom. The van der Waals surface area contributed by atoms with Crippen LogP contribution < -0.4 is 15.0 Å². The molecule has 0 saturated heterocycles. The third kappa shape index (κ3) is 6.37. The maximum atomic E-state index is 12.8. The molecule has 0 aliphatic carbocycles. The Morgan fingerprint density at radius 2 is 1.86 bits per heavy atom. The van der Waals surface area contributed by atoms with E-state index in [9.17, 15) is 14.4 Å². The van der Waals surface area contributed by atoms with Gasteiger partial charge in [0.2, 0.25) is 5.91 Å². The van der Waals surface area contributed by atoms with Gasteiger partial charge in [-0.25, -0.2) is 4.79 Å². The molecule has 8 nitrogen and oxygen atoms in total. The highest BCUT2D eigenvalue weighted by atomic mass is 16.6. The summed E-state index contributed by atoms with van der Waals surface area (Å²) < 4.78 is 10.7. The average Bonchev–Trinajstić information content (AvgIpc) is 2.62. The van der Waals surface area contributed by atoms with Gasteiger partial charge < -0.3 is 14.4 Å². The predicted octanol–water partition coefficient (Wildman–Crippen LogP) is 3.41. The highest BCUT2D eigenvalue weighted by Gasteiger charge is 2.29. The van der Waals surface area contributed by atoms with E-state index in [0.29, 0.717) is 30.2 Å². The van der Waals surface area contributed by atoms with Crippen molar-refractivity contribution in [2.24, 2.45) is 0 Å². The molecule has 0 spiro atoms. The molecule has 2 rings (SSSR count). The molecule has 3 amide bonds. The van der Waals surface area contributed by atoms with E-state index in [1.807, 2.05) is 13.8 Å². The van der Waals surface area contributed by atoms with Gasteiger partial charge in [0.25, 0.3) is 5.91 Å². The first kappa shape index (κ1) is 22.5. The summed E-state index contributed by atoms with van der Waals surface area (Å²) in [6, 6.07) is 4.95. The predicted molar refractivity (Wildman–Crippen MR) is 111 cm³/mol. The number of nitrogens with one attached hydrogen (secondary N) is 1. The fourth-order valence-electron chi connectivity index (χ4n) is 3.01. The van der Waals surface area contributed by atoms with Crippen LogP contribution in [0.15, 0.2) is 18.2 Å². The number of carbonyl (C=O) groups is 3. The van der Waals surface area contributed by atoms with Gasteiger partial charge in [0, 0.05) is 18.8 Å². The molecule has 0 bridgehead atoms. The summed E-state index contributed by atoms with van der Waals surface area (Å²) in [6.07, 6.45) is 1.10. The fourth-order valence-corrected chi connectivity index (χ4v) is 3.01. The molecule has 0 aromatic heterocycles. The van der Waals surface area contributed by atoms with Crippen LogP contribution in [0.1, 0.15) is 47.5 Å². The van der Waals surface area contributed by atoms with E-state index >= 15 is 0 Å². The fraction of sp³-hybridized carbons (Fsp3) is 0.571. The lowest BCUT2D eigenvalue weighted by Crippen LogP contribution is -2.46. The number of fused-ring (bicyclic) bond motifs is 1. The van der Waals surface area contributed by atoms with Crippen molar-refractivity contribution in [2.45, 2.75) is 53.1 Å². The van der Waals surface area contributed by atoms with Gasteiger partial charge in [0.15, 0.2) is 6.61 Å². The van der Waals surface area contributed by atoms with Crippen molar-refractivity contribution in [3.63, 3.8) is 0 Å². The Morgan fingerprint density at radius 1 is 1.21 bits per heavy atom. The number of benzene rings is 1. The molecule has 0 atom stereocenters. The monoisotopic (exact) mass is 405 g/mol. The third-order valence-electron chi connectivity index (χ3n) is 4.18. The minimum absolute atomic E-state index is 0.0644. The summed E-state index contributed by atoms with van der Waals surface area (Å²) >= 11 is 0. The van der Waals surface area contributed by atoms with Gasteiger partial charge >= 0.3 is 6.09 Å². The standard InChI is InChI=1S/C21H31N3O5/c1-6-10-23(11-7-2)18(25)13-24-16-12-15(22-20(27)29-21(3,4)5)8-9-17(16)28-14-19(24)26/h8-9,12H,6-7,10-11,13-14H2,1-5H3,(H,22,27). The van der Waals surface area contributed by atoms with Crippen LogP contribution >= 0.6 is 0 Å². The first-order valence-corrected chi connectivity index (χ1v) is 9.99. The molecular weight excluding hydrogens is 374 g/mol. The van der Waals surface area contributed by atoms with Crippen LogP contribution in [0.4, 0.5) is 16.2 Å². The summed E-state index contributed by atoms with van der Waals surface area (Å²) in [4.78, 5) is 40.5. The minimum atomic E-state index is -0.627. The van der Waals surface area contributed by atoms with Gasteiger partial charge in [-0.2, -0.15) is 0 Å². The van der Waals surface area contributed by atoms with Gasteiger partial charge in [-0.3, -0.25) is 19.8 Å². The quantitative estimate of drug-likeness (QED) is 0.751. The van der Waals surface area contributed by atoms with E-state index in [2.05, 4.69) is 5.32 Å². The normalized spacial score (nSPS) is 13.4. The van der Waals surface area contributed by atoms with Gasteiger partial charge in [-0.05, 0) is 51.8 Å². The van der Waals surface area contributed by atoms with Crippen molar-refractivity contribution in [1.82, 2.24) is 4.90 Å².